The molecule has 0 spiro atoms. The number of benzene rings is 2. The molecule has 4 rings (SSSR count). The lowest BCUT2D eigenvalue weighted by atomic mass is 10.0. The van der Waals surface area contributed by atoms with Crippen LogP contribution >= 0.6 is 11.3 Å². The first-order valence-electron chi connectivity index (χ1n) is 10.9. The molecule has 0 saturated carbocycles. The maximum atomic E-state index is 13.5. The fraction of sp³-hybridized carbons (Fsp3) is 0.280. The number of thiophene rings is 1. The molecule has 170 valence electrons. The molecule has 1 saturated heterocycles. The molecule has 8 heteroatoms. The molecule has 0 bridgehead atoms. The lowest BCUT2D eigenvalue weighted by Crippen LogP contribution is -2.36. The highest BCUT2D eigenvalue weighted by molar-refractivity contribution is 7.20. The highest BCUT2D eigenvalue weighted by Gasteiger charge is 2.28. The number of anilines is 1. The molecule has 0 radical (unpaired) electrons. The number of aryl methyl sites for hydroxylation is 1. The Labute approximate surface area is 196 Å². The van der Waals surface area contributed by atoms with Gasteiger partial charge in [0.1, 0.15) is 5.00 Å². The van der Waals surface area contributed by atoms with Crippen LogP contribution in [0.25, 0.3) is 10.4 Å². The average molecular weight is 464 g/mol. The predicted molar refractivity (Wildman–Crippen MR) is 130 cm³/mol. The number of carbonyl (C=O) groups is 2. The Balaban J connectivity index is 1.72. The number of nitro groups is 1. The zero-order valence-electron chi connectivity index (χ0n) is 18.6. The Morgan fingerprint density at radius 3 is 2.36 bits per heavy atom. The highest BCUT2D eigenvalue weighted by atomic mass is 32.1. The number of likely N-dealkylation sites (tertiary alicyclic amines) is 1. The molecule has 7 nitrogen and oxygen atoms in total. The van der Waals surface area contributed by atoms with Gasteiger partial charge in [0.25, 0.3) is 17.5 Å². The minimum absolute atomic E-state index is 0.0663. The van der Waals surface area contributed by atoms with Gasteiger partial charge in [0.15, 0.2) is 0 Å². The molecule has 3 aromatic rings. The molecule has 2 aromatic carbocycles. The smallest absolute Gasteiger partial charge is 0.269 e. The highest BCUT2D eigenvalue weighted by Crippen LogP contribution is 2.41. The summed E-state index contributed by atoms with van der Waals surface area (Å²) in [5.41, 5.74) is 3.13. The van der Waals surface area contributed by atoms with Crippen molar-refractivity contribution < 1.29 is 14.5 Å². The summed E-state index contributed by atoms with van der Waals surface area (Å²) in [7, 11) is 0. The Morgan fingerprint density at radius 2 is 1.73 bits per heavy atom. The number of hydrogen-bond donors (Lipinski definition) is 1. The maximum absolute atomic E-state index is 13.5. The van der Waals surface area contributed by atoms with Crippen molar-refractivity contribution >= 4 is 33.8 Å². The van der Waals surface area contributed by atoms with E-state index in [4.69, 9.17) is 0 Å². The molecule has 2 heterocycles. The van der Waals surface area contributed by atoms with Crippen LogP contribution in [-0.2, 0) is 0 Å². The predicted octanol–water partition coefficient (Wildman–Crippen LogP) is 5.82. The van der Waals surface area contributed by atoms with Gasteiger partial charge in [-0.05, 0) is 55.9 Å². The number of nitro benzene ring substituents is 1. The first kappa shape index (κ1) is 22.7. The van der Waals surface area contributed by atoms with Crippen LogP contribution in [0.3, 0.4) is 0 Å². The summed E-state index contributed by atoms with van der Waals surface area (Å²) in [6, 6.07) is 13.9. The minimum atomic E-state index is -0.487. The Hall–Kier alpha value is -3.52. The van der Waals surface area contributed by atoms with E-state index in [9.17, 15) is 19.7 Å². The minimum Gasteiger partial charge on any atom is -0.339 e. The van der Waals surface area contributed by atoms with Crippen LogP contribution < -0.4 is 5.32 Å². The summed E-state index contributed by atoms with van der Waals surface area (Å²) >= 11 is 1.38. The van der Waals surface area contributed by atoms with E-state index < -0.39 is 10.8 Å². The molecule has 0 unspecified atom stereocenters. The fourth-order valence-electron chi connectivity index (χ4n) is 4.17. The Bertz CT molecular complexity index is 1210. The molecule has 1 aromatic heterocycles. The number of nitrogens with one attached hydrogen (secondary N) is 1. The van der Waals surface area contributed by atoms with E-state index in [1.807, 2.05) is 42.2 Å². The van der Waals surface area contributed by atoms with Gasteiger partial charge < -0.3 is 10.2 Å². The summed E-state index contributed by atoms with van der Waals surface area (Å²) in [5, 5.41) is 14.5. The third kappa shape index (κ3) is 4.66. The second kappa shape index (κ2) is 9.54. The van der Waals surface area contributed by atoms with Crippen molar-refractivity contribution in [1.82, 2.24) is 4.90 Å². The lowest BCUT2D eigenvalue weighted by Gasteiger charge is -2.27. The number of carbonyl (C=O) groups excluding carboxylic acids is 2. The largest absolute Gasteiger partial charge is 0.339 e. The van der Waals surface area contributed by atoms with Crippen LogP contribution in [0.1, 0.15) is 51.1 Å². The van der Waals surface area contributed by atoms with Gasteiger partial charge in [-0.1, -0.05) is 30.3 Å². The monoisotopic (exact) mass is 463 g/mol. The first-order chi connectivity index (χ1) is 15.9. The van der Waals surface area contributed by atoms with E-state index in [1.54, 1.807) is 6.92 Å². The van der Waals surface area contributed by atoms with Gasteiger partial charge in [0.05, 0.1) is 10.5 Å². The molecule has 0 aliphatic carbocycles. The number of rotatable bonds is 5. The summed E-state index contributed by atoms with van der Waals surface area (Å²) in [4.78, 5) is 40.0. The van der Waals surface area contributed by atoms with Crippen molar-refractivity contribution in [2.24, 2.45) is 0 Å². The van der Waals surface area contributed by atoms with Crippen LogP contribution in [0.5, 0.6) is 0 Å². The molecule has 1 aliphatic rings. The normalized spacial score (nSPS) is 13.6. The molecular weight excluding hydrogens is 438 g/mol. The third-order valence-electron chi connectivity index (χ3n) is 5.93. The topological polar surface area (TPSA) is 92.5 Å². The summed E-state index contributed by atoms with van der Waals surface area (Å²) < 4.78 is 0. The van der Waals surface area contributed by atoms with E-state index in [-0.39, 0.29) is 11.6 Å². The van der Waals surface area contributed by atoms with Gasteiger partial charge in [0, 0.05) is 35.7 Å². The van der Waals surface area contributed by atoms with E-state index in [1.165, 1.54) is 29.5 Å². The maximum Gasteiger partial charge on any atom is 0.269 e. The van der Waals surface area contributed by atoms with Gasteiger partial charge >= 0.3 is 0 Å². The molecule has 0 atom stereocenters. The van der Waals surface area contributed by atoms with Crippen molar-refractivity contribution in [1.29, 1.82) is 0 Å². The van der Waals surface area contributed by atoms with Crippen molar-refractivity contribution in [2.75, 3.05) is 18.4 Å². The van der Waals surface area contributed by atoms with E-state index in [0.717, 1.165) is 35.3 Å². The van der Waals surface area contributed by atoms with Gasteiger partial charge in [0.2, 0.25) is 0 Å². The summed E-state index contributed by atoms with van der Waals surface area (Å²) in [5.74, 6) is -0.461. The Kier molecular flexibility index (Phi) is 6.55. The van der Waals surface area contributed by atoms with Gasteiger partial charge in [-0.25, -0.2) is 0 Å². The van der Waals surface area contributed by atoms with Crippen molar-refractivity contribution in [3.05, 3.63) is 80.9 Å². The molecular formula is C25H25N3O4S. The molecule has 33 heavy (non-hydrogen) atoms. The van der Waals surface area contributed by atoms with E-state index >= 15 is 0 Å². The number of amides is 2. The van der Waals surface area contributed by atoms with E-state index in [2.05, 4.69) is 5.32 Å². The van der Waals surface area contributed by atoms with Crippen LogP contribution in [-0.4, -0.2) is 34.7 Å². The number of non-ortho nitro benzene ring substituents is 1. The third-order valence-corrected chi connectivity index (χ3v) is 7.19. The first-order valence-corrected chi connectivity index (χ1v) is 11.7. The molecule has 1 aliphatic heterocycles. The Morgan fingerprint density at radius 1 is 1.03 bits per heavy atom. The standard InChI is InChI=1S/C25H25N3O4S/c1-16-15-19(28(31)32)11-12-20(16)23(29)26-24-21(25(30)27-13-7-4-8-14-27)17(2)22(33-24)18-9-5-3-6-10-18/h3,5-6,9-12,15H,4,7-8,13-14H2,1-2H3,(H,26,29). The second-order valence-electron chi connectivity index (χ2n) is 8.19. The fourth-order valence-corrected chi connectivity index (χ4v) is 5.37. The van der Waals surface area contributed by atoms with Gasteiger partial charge in [-0.2, -0.15) is 0 Å². The zero-order chi connectivity index (χ0) is 23.5. The van der Waals surface area contributed by atoms with Gasteiger partial charge in [-0.3, -0.25) is 19.7 Å². The second-order valence-corrected chi connectivity index (χ2v) is 9.21. The summed E-state index contributed by atoms with van der Waals surface area (Å²) in [6.07, 6.45) is 3.07. The zero-order valence-corrected chi connectivity index (χ0v) is 19.4. The number of hydrogen-bond acceptors (Lipinski definition) is 5. The summed E-state index contributed by atoms with van der Waals surface area (Å²) in [6.45, 7) is 5.01. The average Bonchev–Trinajstić information content (AvgIpc) is 3.14. The lowest BCUT2D eigenvalue weighted by molar-refractivity contribution is -0.384. The SMILES string of the molecule is Cc1cc([N+](=O)[O-])ccc1C(=O)Nc1sc(-c2ccccc2)c(C)c1C(=O)N1CCCCC1. The molecule has 2 amide bonds. The molecule has 1 N–H and O–H groups in total. The van der Waals surface area contributed by atoms with Crippen LogP contribution in [0.15, 0.2) is 48.5 Å². The number of nitrogens with zero attached hydrogens (tertiary/aromatic N) is 2. The van der Waals surface area contributed by atoms with Crippen LogP contribution in [0.4, 0.5) is 10.7 Å². The van der Waals surface area contributed by atoms with Crippen molar-refractivity contribution in [2.45, 2.75) is 33.1 Å². The van der Waals surface area contributed by atoms with Gasteiger partial charge in [-0.15, -0.1) is 11.3 Å². The van der Waals surface area contributed by atoms with Crippen molar-refractivity contribution in [3.63, 3.8) is 0 Å². The van der Waals surface area contributed by atoms with Crippen molar-refractivity contribution in [3.8, 4) is 10.4 Å². The van der Waals surface area contributed by atoms with Crippen LogP contribution in [0.2, 0.25) is 0 Å². The van der Waals surface area contributed by atoms with E-state index in [0.29, 0.717) is 34.8 Å². The quantitative estimate of drug-likeness (QED) is 0.381. The molecule has 1 fully saturated rings. The van der Waals surface area contributed by atoms with Crippen LogP contribution in [0, 0.1) is 24.0 Å². The number of piperidine rings is 1.